The molecule has 1 heterocycles. The summed E-state index contributed by atoms with van der Waals surface area (Å²) in [6, 6.07) is 8.07. The van der Waals surface area contributed by atoms with Crippen LogP contribution in [-0.2, 0) is 13.6 Å². The van der Waals surface area contributed by atoms with Gasteiger partial charge in [0.05, 0.1) is 11.3 Å². The van der Waals surface area contributed by atoms with Crippen molar-refractivity contribution in [2.45, 2.75) is 32.4 Å². The van der Waals surface area contributed by atoms with E-state index >= 15 is 0 Å². The fourth-order valence-electron chi connectivity index (χ4n) is 2.19. The van der Waals surface area contributed by atoms with E-state index in [0.717, 1.165) is 29.4 Å². The Hall–Kier alpha value is -1.52. The molecule has 4 nitrogen and oxygen atoms in total. The highest BCUT2D eigenvalue weighted by Crippen LogP contribution is 2.29. The molecule has 3 rings (SSSR count). The molecule has 1 fully saturated rings. The number of nitrogens with zero attached hydrogens (tertiary/aromatic N) is 2. The van der Waals surface area contributed by atoms with Crippen molar-refractivity contribution >= 4 is 11.6 Å². The molecule has 1 aliphatic rings. The average molecular weight is 292 g/mol. The Bertz CT molecular complexity index is 620. The molecule has 20 heavy (non-hydrogen) atoms. The summed E-state index contributed by atoms with van der Waals surface area (Å²) < 4.78 is 7.75. The minimum Gasteiger partial charge on any atom is -0.439 e. The van der Waals surface area contributed by atoms with Crippen molar-refractivity contribution in [1.82, 2.24) is 15.1 Å². The van der Waals surface area contributed by atoms with Crippen LogP contribution in [0.15, 0.2) is 24.3 Å². The van der Waals surface area contributed by atoms with E-state index in [1.54, 1.807) is 4.68 Å². The van der Waals surface area contributed by atoms with Crippen LogP contribution in [0.1, 0.15) is 24.1 Å². The molecule has 1 aromatic carbocycles. The van der Waals surface area contributed by atoms with Gasteiger partial charge >= 0.3 is 0 Å². The van der Waals surface area contributed by atoms with E-state index in [-0.39, 0.29) is 0 Å². The first-order valence-electron chi connectivity index (χ1n) is 6.83. The maximum atomic E-state index is 5.99. The first-order chi connectivity index (χ1) is 9.63. The highest BCUT2D eigenvalue weighted by atomic mass is 35.5. The molecule has 2 aromatic rings. The van der Waals surface area contributed by atoms with Gasteiger partial charge in [-0.25, -0.2) is 4.68 Å². The maximum Gasteiger partial charge on any atom is 0.222 e. The minimum atomic E-state index is 0.661. The number of ether oxygens (including phenoxy) is 1. The summed E-state index contributed by atoms with van der Waals surface area (Å²) in [4.78, 5) is 0. The topological polar surface area (TPSA) is 39.1 Å². The van der Waals surface area contributed by atoms with Gasteiger partial charge in [-0.3, -0.25) is 0 Å². The van der Waals surface area contributed by atoms with Crippen molar-refractivity contribution in [3.8, 4) is 11.6 Å². The Labute approximate surface area is 123 Å². The number of benzene rings is 1. The molecule has 0 atom stereocenters. The van der Waals surface area contributed by atoms with Gasteiger partial charge in [-0.2, -0.15) is 5.10 Å². The summed E-state index contributed by atoms with van der Waals surface area (Å²) >= 11 is 5.99. The highest BCUT2D eigenvalue weighted by molar-refractivity contribution is 6.30. The lowest BCUT2D eigenvalue weighted by molar-refractivity contribution is 0.424. The zero-order valence-electron chi connectivity index (χ0n) is 11.7. The lowest BCUT2D eigenvalue weighted by Gasteiger charge is -2.09. The van der Waals surface area contributed by atoms with Crippen molar-refractivity contribution in [2.75, 3.05) is 0 Å². The van der Waals surface area contributed by atoms with Gasteiger partial charge in [-0.15, -0.1) is 0 Å². The van der Waals surface area contributed by atoms with Crippen LogP contribution in [0.3, 0.4) is 0 Å². The molecule has 0 spiro atoms. The van der Waals surface area contributed by atoms with E-state index in [1.165, 1.54) is 12.8 Å². The summed E-state index contributed by atoms with van der Waals surface area (Å²) in [6.45, 7) is 2.80. The molecule has 0 radical (unpaired) electrons. The van der Waals surface area contributed by atoms with Crippen LogP contribution in [-0.4, -0.2) is 15.8 Å². The summed E-state index contributed by atoms with van der Waals surface area (Å²) in [5, 5.41) is 8.62. The molecule has 106 valence electrons. The number of nitrogens with one attached hydrogen (secondary N) is 1. The maximum absolute atomic E-state index is 5.99. The molecule has 1 N–H and O–H groups in total. The number of hydrogen-bond donors (Lipinski definition) is 1. The number of hydrogen-bond acceptors (Lipinski definition) is 3. The molecule has 1 saturated carbocycles. The third-order valence-corrected chi connectivity index (χ3v) is 3.68. The quantitative estimate of drug-likeness (QED) is 0.917. The van der Waals surface area contributed by atoms with Crippen molar-refractivity contribution in [2.24, 2.45) is 7.05 Å². The molecule has 0 saturated heterocycles. The van der Waals surface area contributed by atoms with Gasteiger partial charge in [0.15, 0.2) is 0 Å². The third kappa shape index (κ3) is 2.97. The largest absolute Gasteiger partial charge is 0.439 e. The van der Waals surface area contributed by atoms with Gasteiger partial charge in [-0.1, -0.05) is 17.7 Å². The van der Waals surface area contributed by atoms with Crippen molar-refractivity contribution in [3.05, 3.63) is 40.5 Å². The number of halogens is 1. The van der Waals surface area contributed by atoms with E-state index < -0.39 is 0 Å². The van der Waals surface area contributed by atoms with E-state index in [1.807, 2.05) is 38.2 Å². The monoisotopic (exact) mass is 291 g/mol. The number of rotatable bonds is 5. The summed E-state index contributed by atoms with van der Waals surface area (Å²) in [7, 11) is 1.90. The number of aromatic nitrogens is 2. The molecule has 1 aromatic heterocycles. The molecule has 0 aliphatic heterocycles. The zero-order chi connectivity index (χ0) is 14.1. The second-order valence-corrected chi connectivity index (χ2v) is 5.64. The SMILES string of the molecule is Cc1nn(C)c(Oc2cccc(Cl)c2)c1CNC1CC1. The van der Waals surface area contributed by atoms with Crippen LogP contribution in [0.25, 0.3) is 0 Å². The first-order valence-corrected chi connectivity index (χ1v) is 7.20. The Balaban J connectivity index is 1.83. The third-order valence-electron chi connectivity index (χ3n) is 3.44. The van der Waals surface area contributed by atoms with E-state index in [4.69, 9.17) is 16.3 Å². The molecular weight excluding hydrogens is 274 g/mol. The second-order valence-electron chi connectivity index (χ2n) is 5.21. The van der Waals surface area contributed by atoms with Gasteiger partial charge in [-0.05, 0) is 38.0 Å². The van der Waals surface area contributed by atoms with Gasteiger partial charge in [0, 0.05) is 24.7 Å². The van der Waals surface area contributed by atoms with E-state index in [0.29, 0.717) is 11.1 Å². The Kier molecular flexibility index (Phi) is 3.68. The van der Waals surface area contributed by atoms with Gasteiger partial charge in [0.25, 0.3) is 0 Å². The van der Waals surface area contributed by atoms with Crippen LogP contribution in [0.2, 0.25) is 5.02 Å². The normalized spacial score (nSPS) is 14.6. The molecule has 0 unspecified atom stereocenters. The summed E-state index contributed by atoms with van der Waals surface area (Å²) in [6.07, 6.45) is 2.54. The molecule has 5 heteroatoms. The highest BCUT2D eigenvalue weighted by Gasteiger charge is 2.23. The lowest BCUT2D eigenvalue weighted by atomic mass is 10.2. The van der Waals surface area contributed by atoms with Gasteiger partial charge in [0.1, 0.15) is 5.75 Å². The smallest absolute Gasteiger partial charge is 0.222 e. The van der Waals surface area contributed by atoms with Crippen LogP contribution in [0.5, 0.6) is 11.6 Å². The van der Waals surface area contributed by atoms with E-state index in [9.17, 15) is 0 Å². The summed E-state index contributed by atoms with van der Waals surface area (Å²) in [5.74, 6) is 1.51. The van der Waals surface area contributed by atoms with Gasteiger partial charge in [0.2, 0.25) is 5.88 Å². The first kappa shape index (κ1) is 13.5. The van der Waals surface area contributed by atoms with Crippen LogP contribution in [0, 0.1) is 6.92 Å². The van der Waals surface area contributed by atoms with Crippen LogP contribution >= 0.6 is 11.6 Å². The fraction of sp³-hybridized carbons (Fsp3) is 0.400. The molecule has 0 amide bonds. The van der Waals surface area contributed by atoms with Crippen LogP contribution in [0.4, 0.5) is 0 Å². The zero-order valence-corrected chi connectivity index (χ0v) is 12.4. The Morgan fingerprint density at radius 1 is 1.45 bits per heavy atom. The van der Waals surface area contributed by atoms with Crippen molar-refractivity contribution < 1.29 is 4.74 Å². The van der Waals surface area contributed by atoms with E-state index in [2.05, 4.69) is 10.4 Å². The molecular formula is C15H18ClN3O. The standard InChI is InChI=1S/C15H18ClN3O/c1-10-14(9-17-12-6-7-12)15(19(2)18-10)20-13-5-3-4-11(16)8-13/h3-5,8,12,17H,6-7,9H2,1-2H3. The summed E-state index contributed by atoms with van der Waals surface area (Å²) in [5.41, 5.74) is 2.11. The second kappa shape index (κ2) is 5.46. The predicted octanol–water partition coefficient (Wildman–Crippen LogP) is 3.43. The fourth-order valence-corrected chi connectivity index (χ4v) is 2.37. The molecule has 0 bridgehead atoms. The Morgan fingerprint density at radius 2 is 2.25 bits per heavy atom. The minimum absolute atomic E-state index is 0.661. The number of aryl methyl sites for hydroxylation is 2. The van der Waals surface area contributed by atoms with Crippen molar-refractivity contribution in [3.63, 3.8) is 0 Å². The van der Waals surface area contributed by atoms with Crippen LogP contribution < -0.4 is 10.1 Å². The Morgan fingerprint density at radius 3 is 2.95 bits per heavy atom. The predicted molar refractivity (Wildman–Crippen MR) is 79.3 cm³/mol. The van der Waals surface area contributed by atoms with Gasteiger partial charge < -0.3 is 10.1 Å². The van der Waals surface area contributed by atoms with Crippen molar-refractivity contribution in [1.29, 1.82) is 0 Å². The lowest BCUT2D eigenvalue weighted by Crippen LogP contribution is -2.16. The molecule has 1 aliphatic carbocycles. The average Bonchev–Trinajstić information content (AvgIpc) is 3.17.